The van der Waals surface area contributed by atoms with Crippen molar-refractivity contribution in [3.8, 4) is 0 Å². The number of nitrogens with zero attached hydrogens (tertiary/aromatic N) is 2. The average molecular weight is 375 g/mol. The van der Waals surface area contributed by atoms with Crippen LogP contribution >= 0.6 is 31.9 Å². The second-order valence-electron chi connectivity index (χ2n) is 5.40. The summed E-state index contributed by atoms with van der Waals surface area (Å²) >= 11 is 7.33. The van der Waals surface area contributed by atoms with Gasteiger partial charge in [0.1, 0.15) is 0 Å². The zero-order valence-electron chi connectivity index (χ0n) is 10.8. The lowest BCUT2D eigenvalue weighted by molar-refractivity contribution is 0.587. The Labute approximate surface area is 125 Å². The van der Waals surface area contributed by atoms with Crippen molar-refractivity contribution in [2.24, 2.45) is 10.7 Å². The van der Waals surface area contributed by atoms with E-state index in [1.807, 2.05) is 4.90 Å². The Kier molecular flexibility index (Phi) is 3.74. The fourth-order valence-electron chi connectivity index (χ4n) is 2.06. The molecule has 18 heavy (non-hydrogen) atoms. The quantitative estimate of drug-likeness (QED) is 0.815. The number of hydrogen-bond acceptors (Lipinski definition) is 3. The second-order valence-corrected chi connectivity index (χ2v) is 7.05. The van der Waals surface area contributed by atoms with E-state index in [1.54, 1.807) is 0 Å². The predicted octanol–water partition coefficient (Wildman–Crippen LogP) is 3.64. The average Bonchev–Trinajstić information content (AvgIpc) is 2.63. The van der Waals surface area contributed by atoms with E-state index in [4.69, 9.17) is 5.73 Å². The first-order valence-corrected chi connectivity index (χ1v) is 7.47. The summed E-state index contributed by atoms with van der Waals surface area (Å²) < 4.78 is 2.12. The van der Waals surface area contributed by atoms with Gasteiger partial charge in [0.2, 0.25) is 0 Å². The molecule has 0 unspecified atom stereocenters. The van der Waals surface area contributed by atoms with E-state index in [1.165, 1.54) is 5.56 Å². The molecule has 5 heteroatoms. The van der Waals surface area contributed by atoms with Gasteiger partial charge in [-0.15, -0.1) is 0 Å². The van der Waals surface area contributed by atoms with Crippen LogP contribution in [0.1, 0.15) is 26.3 Å². The number of nitrogens with two attached hydrogens (primary N) is 1. The Balaban J connectivity index is 2.57. The third kappa shape index (κ3) is 2.43. The Hall–Kier alpha value is -0.550. The van der Waals surface area contributed by atoms with Crippen molar-refractivity contribution in [3.63, 3.8) is 0 Å². The molecule has 0 amide bonds. The first kappa shape index (κ1) is 13.9. The lowest BCUT2D eigenvalue weighted by atomic mass is 9.87. The largest absolute Gasteiger partial charge is 0.370 e. The van der Waals surface area contributed by atoms with E-state index < -0.39 is 0 Å². The van der Waals surface area contributed by atoms with E-state index >= 15 is 0 Å². The van der Waals surface area contributed by atoms with Gasteiger partial charge in [-0.1, -0.05) is 26.8 Å². The van der Waals surface area contributed by atoms with Gasteiger partial charge in [-0.3, -0.25) is 4.99 Å². The van der Waals surface area contributed by atoms with Crippen molar-refractivity contribution in [2.45, 2.75) is 26.2 Å². The van der Waals surface area contributed by atoms with Crippen LogP contribution in [0.5, 0.6) is 0 Å². The van der Waals surface area contributed by atoms with Gasteiger partial charge in [0, 0.05) is 15.5 Å². The molecule has 0 fully saturated rings. The van der Waals surface area contributed by atoms with Crippen molar-refractivity contribution in [2.75, 3.05) is 18.0 Å². The molecule has 0 atom stereocenters. The van der Waals surface area contributed by atoms with E-state index in [-0.39, 0.29) is 5.41 Å². The summed E-state index contributed by atoms with van der Waals surface area (Å²) in [6, 6.07) is 4.22. The maximum absolute atomic E-state index is 5.94. The third-order valence-electron chi connectivity index (χ3n) is 3.02. The lowest BCUT2D eigenvalue weighted by Crippen LogP contribution is -2.34. The van der Waals surface area contributed by atoms with E-state index in [0.717, 1.165) is 27.7 Å². The predicted molar refractivity (Wildman–Crippen MR) is 84.4 cm³/mol. The highest BCUT2D eigenvalue weighted by molar-refractivity contribution is 9.11. The molecular weight excluding hydrogens is 358 g/mol. The highest BCUT2D eigenvalue weighted by atomic mass is 79.9. The molecule has 3 nitrogen and oxygen atoms in total. The molecule has 1 aliphatic rings. The van der Waals surface area contributed by atoms with E-state index in [0.29, 0.717) is 5.96 Å². The first-order chi connectivity index (χ1) is 8.32. The summed E-state index contributed by atoms with van der Waals surface area (Å²) in [7, 11) is 0. The minimum absolute atomic E-state index is 0.0832. The monoisotopic (exact) mass is 373 g/mol. The van der Waals surface area contributed by atoms with Crippen LogP contribution in [0.4, 0.5) is 5.69 Å². The maximum atomic E-state index is 5.94. The fourth-order valence-corrected chi connectivity index (χ4v) is 4.02. The van der Waals surface area contributed by atoms with Gasteiger partial charge >= 0.3 is 0 Å². The van der Waals surface area contributed by atoms with Crippen LogP contribution in [0, 0.1) is 0 Å². The Bertz CT molecular complexity index is 504. The summed E-state index contributed by atoms with van der Waals surface area (Å²) in [4.78, 5) is 6.29. The van der Waals surface area contributed by atoms with Gasteiger partial charge in [-0.2, -0.15) is 0 Å². The van der Waals surface area contributed by atoms with Gasteiger partial charge in [0.25, 0.3) is 0 Å². The normalized spacial score (nSPS) is 16.1. The molecular formula is C13H17Br2N3. The molecule has 0 aliphatic carbocycles. The highest BCUT2D eigenvalue weighted by Crippen LogP contribution is 2.41. The van der Waals surface area contributed by atoms with Crippen molar-refractivity contribution in [1.29, 1.82) is 0 Å². The Morgan fingerprint density at radius 2 is 1.94 bits per heavy atom. The smallest absolute Gasteiger partial charge is 0.196 e. The summed E-state index contributed by atoms with van der Waals surface area (Å²) in [5, 5.41) is 0. The van der Waals surface area contributed by atoms with Gasteiger partial charge in [0.05, 0.1) is 12.2 Å². The molecule has 1 aromatic rings. The lowest BCUT2D eigenvalue weighted by Gasteiger charge is -2.27. The maximum Gasteiger partial charge on any atom is 0.196 e. The molecule has 0 spiro atoms. The first-order valence-electron chi connectivity index (χ1n) is 5.88. The Morgan fingerprint density at radius 1 is 1.28 bits per heavy atom. The molecule has 1 heterocycles. The molecule has 1 aromatic carbocycles. The number of halogens is 2. The number of anilines is 1. The minimum Gasteiger partial charge on any atom is -0.370 e. The molecule has 98 valence electrons. The zero-order valence-corrected chi connectivity index (χ0v) is 14.0. The number of aliphatic imine (C=N–C) groups is 1. The van der Waals surface area contributed by atoms with Gasteiger partial charge in [0.15, 0.2) is 5.96 Å². The third-order valence-corrected chi connectivity index (χ3v) is 4.46. The van der Waals surface area contributed by atoms with Crippen LogP contribution in [0.25, 0.3) is 0 Å². The summed E-state index contributed by atoms with van der Waals surface area (Å²) in [5.74, 6) is 0.586. The summed E-state index contributed by atoms with van der Waals surface area (Å²) in [5.41, 5.74) is 8.36. The van der Waals surface area contributed by atoms with Crippen molar-refractivity contribution in [1.82, 2.24) is 0 Å². The van der Waals surface area contributed by atoms with Crippen LogP contribution in [0.3, 0.4) is 0 Å². The Morgan fingerprint density at radius 3 is 2.44 bits per heavy atom. The highest BCUT2D eigenvalue weighted by Gasteiger charge is 2.25. The number of hydrogen-bond donors (Lipinski definition) is 1. The molecule has 0 aromatic heterocycles. The summed E-state index contributed by atoms with van der Waals surface area (Å²) in [6.45, 7) is 8.19. The van der Waals surface area contributed by atoms with E-state index in [9.17, 15) is 0 Å². The zero-order chi connectivity index (χ0) is 13.5. The topological polar surface area (TPSA) is 41.6 Å². The molecule has 2 rings (SSSR count). The molecule has 0 bridgehead atoms. The molecule has 1 aliphatic heterocycles. The van der Waals surface area contributed by atoms with Gasteiger partial charge in [-0.05, 0) is 48.9 Å². The number of benzene rings is 1. The van der Waals surface area contributed by atoms with Crippen LogP contribution < -0.4 is 10.6 Å². The van der Waals surface area contributed by atoms with Crippen molar-refractivity contribution in [3.05, 3.63) is 26.6 Å². The molecule has 2 N–H and O–H groups in total. The van der Waals surface area contributed by atoms with Crippen LogP contribution in [0.2, 0.25) is 0 Å². The standard InChI is InChI=1S/C13H17Br2N3/c1-13(2,3)8-4-5-9(14)11(10(8)15)18-7-6-17-12(18)16/h4-5H,6-7H2,1-3H3,(H2,16,17). The van der Waals surface area contributed by atoms with Crippen LogP contribution in [0.15, 0.2) is 26.1 Å². The molecule has 0 saturated heterocycles. The van der Waals surface area contributed by atoms with Gasteiger partial charge in [-0.25, -0.2) is 0 Å². The van der Waals surface area contributed by atoms with E-state index in [2.05, 4.69) is 69.8 Å². The van der Waals surface area contributed by atoms with Crippen LogP contribution in [-0.2, 0) is 5.41 Å². The minimum atomic E-state index is 0.0832. The molecule has 0 radical (unpaired) electrons. The number of guanidine groups is 1. The SMILES string of the molecule is CC(C)(C)c1ccc(Br)c(N2CCN=C2N)c1Br. The second kappa shape index (κ2) is 4.85. The number of rotatable bonds is 1. The fraction of sp³-hybridized carbons (Fsp3) is 0.462. The summed E-state index contributed by atoms with van der Waals surface area (Å²) in [6.07, 6.45) is 0. The van der Waals surface area contributed by atoms with Gasteiger partial charge < -0.3 is 10.6 Å². The van der Waals surface area contributed by atoms with Crippen molar-refractivity contribution >= 4 is 43.5 Å². The van der Waals surface area contributed by atoms with Crippen molar-refractivity contribution < 1.29 is 0 Å². The molecule has 0 saturated carbocycles. The van der Waals surface area contributed by atoms with Crippen LogP contribution in [-0.4, -0.2) is 19.0 Å².